The summed E-state index contributed by atoms with van der Waals surface area (Å²) in [5.74, 6) is 1.94. The van der Waals surface area contributed by atoms with Crippen molar-refractivity contribution in [1.29, 1.82) is 0 Å². The van der Waals surface area contributed by atoms with Crippen LogP contribution in [-0.2, 0) is 19.7 Å². The zero-order valence-electron chi connectivity index (χ0n) is 20.0. The minimum atomic E-state index is -0.452. The Kier molecular flexibility index (Phi) is 6.42. The second-order valence-electron chi connectivity index (χ2n) is 9.12. The van der Waals surface area contributed by atoms with E-state index in [1.165, 1.54) is 0 Å². The Labute approximate surface area is 204 Å². The second kappa shape index (κ2) is 9.65. The number of carbonyl (C=O) groups excluding carboxylic acids is 2. The van der Waals surface area contributed by atoms with Gasteiger partial charge >= 0.3 is 0 Å². The zero-order chi connectivity index (χ0) is 24.4. The van der Waals surface area contributed by atoms with Crippen molar-refractivity contribution in [2.75, 3.05) is 52.2 Å². The molecule has 3 aliphatic heterocycles. The van der Waals surface area contributed by atoms with Gasteiger partial charge in [0.2, 0.25) is 18.6 Å². The predicted octanol–water partition coefficient (Wildman–Crippen LogP) is 2.65. The lowest BCUT2D eigenvalue weighted by molar-refractivity contribution is -0.126. The molecule has 35 heavy (non-hydrogen) atoms. The first-order valence-corrected chi connectivity index (χ1v) is 11.8. The molecule has 2 amide bonds. The standard InChI is InChI=1S/C26H30N2O7/c1-31-19-4-6-21(32-2)20(13-19)28-14-17(11-24(28)29)25(30)27-15-26(7-9-33-10-8-26)18-3-5-22-23(12-18)35-16-34-22/h3-6,12-13,17H,7-11,14-16H2,1-2H3,(H,27,30). The van der Waals surface area contributed by atoms with E-state index in [4.69, 9.17) is 23.7 Å². The Morgan fingerprint density at radius 2 is 1.89 bits per heavy atom. The maximum atomic E-state index is 13.2. The van der Waals surface area contributed by atoms with E-state index in [2.05, 4.69) is 5.32 Å². The number of benzene rings is 2. The number of nitrogens with one attached hydrogen (secondary N) is 1. The van der Waals surface area contributed by atoms with Crippen LogP contribution in [0.3, 0.4) is 0 Å². The first-order chi connectivity index (χ1) is 17.0. The Balaban J connectivity index is 1.30. The molecule has 1 atom stereocenters. The highest BCUT2D eigenvalue weighted by Crippen LogP contribution is 2.41. The summed E-state index contributed by atoms with van der Waals surface area (Å²) in [4.78, 5) is 27.7. The number of carbonyl (C=O) groups is 2. The van der Waals surface area contributed by atoms with Crippen LogP contribution in [0.25, 0.3) is 0 Å². The van der Waals surface area contributed by atoms with Gasteiger partial charge in [-0.1, -0.05) is 6.07 Å². The highest BCUT2D eigenvalue weighted by atomic mass is 16.7. The fourth-order valence-corrected chi connectivity index (χ4v) is 5.08. The van der Waals surface area contributed by atoms with E-state index < -0.39 is 5.92 Å². The number of nitrogens with zero attached hydrogens (tertiary/aromatic N) is 1. The average Bonchev–Trinajstić information content (AvgIpc) is 3.53. The van der Waals surface area contributed by atoms with Gasteiger partial charge in [-0.2, -0.15) is 0 Å². The van der Waals surface area contributed by atoms with Gasteiger partial charge in [-0.25, -0.2) is 0 Å². The smallest absolute Gasteiger partial charge is 0.231 e. The van der Waals surface area contributed by atoms with E-state index in [-0.39, 0.29) is 37.0 Å². The quantitative estimate of drug-likeness (QED) is 0.648. The molecule has 0 aromatic heterocycles. The molecule has 0 saturated carbocycles. The average molecular weight is 483 g/mol. The number of anilines is 1. The summed E-state index contributed by atoms with van der Waals surface area (Å²) in [5.41, 5.74) is 1.43. The van der Waals surface area contributed by atoms with E-state index in [0.717, 1.165) is 29.9 Å². The largest absolute Gasteiger partial charge is 0.497 e. The van der Waals surface area contributed by atoms with Crippen molar-refractivity contribution in [2.24, 2.45) is 5.92 Å². The first kappa shape index (κ1) is 23.3. The van der Waals surface area contributed by atoms with Gasteiger partial charge in [-0.15, -0.1) is 0 Å². The van der Waals surface area contributed by atoms with Crippen LogP contribution in [-0.4, -0.2) is 59.1 Å². The van der Waals surface area contributed by atoms with E-state index in [1.807, 2.05) is 18.2 Å². The maximum absolute atomic E-state index is 13.2. The molecule has 0 aliphatic carbocycles. The van der Waals surface area contributed by atoms with Gasteiger partial charge < -0.3 is 33.9 Å². The van der Waals surface area contributed by atoms with Crippen molar-refractivity contribution in [2.45, 2.75) is 24.7 Å². The number of ether oxygens (including phenoxy) is 5. The molecule has 2 saturated heterocycles. The molecule has 2 aromatic rings. The lowest BCUT2D eigenvalue weighted by Gasteiger charge is -2.38. The van der Waals surface area contributed by atoms with Crippen LogP contribution in [0.1, 0.15) is 24.8 Å². The van der Waals surface area contributed by atoms with Crippen LogP contribution in [0.15, 0.2) is 36.4 Å². The van der Waals surface area contributed by atoms with Gasteiger partial charge in [0.1, 0.15) is 11.5 Å². The molecule has 2 aromatic carbocycles. The van der Waals surface area contributed by atoms with Crippen molar-refractivity contribution >= 4 is 17.5 Å². The summed E-state index contributed by atoms with van der Waals surface area (Å²) in [6.07, 6.45) is 1.71. The van der Waals surface area contributed by atoms with Gasteiger partial charge in [0.15, 0.2) is 11.5 Å². The number of hydrogen-bond acceptors (Lipinski definition) is 7. The first-order valence-electron chi connectivity index (χ1n) is 11.8. The van der Waals surface area contributed by atoms with Gasteiger partial charge in [0.25, 0.3) is 0 Å². The summed E-state index contributed by atoms with van der Waals surface area (Å²) < 4.78 is 27.4. The highest BCUT2D eigenvalue weighted by Gasteiger charge is 2.39. The van der Waals surface area contributed by atoms with Crippen molar-refractivity contribution < 1.29 is 33.3 Å². The number of rotatable bonds is 7. The number of amides is 2. The third-order valence-electron chi connectivity index (χ3n) is 7.21. The van der Waals surface area contributed by atoms with Crippen LogP contribution in [0.2, 0.25) is 0 Å². The summed E-state index contributed by atoms with van der Waals surface area (Å²) in [7, 11) is 3.12. The van der Waals surface area contributed by atoms with Crippen LogP contribution in [0.4, 0.5) is 5.69 Å². The third kappa shape index (κ3) is 4.48. The fourth-order valence-electron chi connectivity index (χ4n) is 5.08. The molecule has 9 heteroatoms. The molecule has 0 bridgehead atoms. The molecule has 9 nitrogen and oxygen atoms in total. The molecule has 2 fully saturated rings. The van der Waals surface area contributed by atoms with Gasteiger partial charge in [0.05, 0.1) is 25.8 Å². The van der Waals surface area contributed by atoms with E-state index >= 15 is 0 Å². The zero-order valence-corrected chi connectivity index (χ0v) is 20.0. The lowest BCUT2D eigenvalue weighted by Crippen LogP contribution is -2.46. The summed E-state index contributed by atoms with van der Waals surface area (Å²) in [6.45, 7) is 2.21. The second-order valence-corrected chi connectivity index (χ2v) is 9.12. The van der Waals surface area contributed by atoms with E-state index in [1.54, 1.807) is 37.3 Å². The number of methoxy groups -OCH3 is 2. The maximum Gasteiger partial charge on any atom is 0.231 e. The normalized spacial score (nSPS) is 20.6. The molecule has 3 aliphatic rings. The topological polar surface area (TPSA) is 95.6 Å². The van der Waals surface area contributed by atoms with Crippen LogP contribution < -0.4 is 29.2 Å². The summed E-state index contributed by atoms with van der Waals surface area (Å²) in [6, 6.07) is 11.3. The minimum absolute atomic E-state index is 0.117. The van der Waals surface area contributed by atoms with Gasteiger partial charge in [-0.05, 0) is 42.7 Å². The SMILES string of the molecule is COc1ccc(OC)c(N2CC(C(=O)NCC3(c4ccc5c(c4)OCO5)CCOCC3)CC2=O)c1. The Morgan fingerprint density at radius 1 is 1.09 bits per heavy atom. The number of fused-ring (bicyclic) bond motifs is 1. The molecular formula is C26H30N2O7. The molecule has 1 unspecified atom stereocenters. The molecule has 3 heterocycles. The minimum Gasteiger partial charge on any atom is -0.497 e. The lowest BCUT2D eigenvalue weighted by atomic mass is 9.74. The Morgan fingerprint density at radius 3 is 2.66 bits per heavy atom. The number of hydrogen-bond donors (Lipinski definition) is 1. The van der Waals surface area contributed by atoms with Gasteiger partial charge in [0, 0.05) is 44.2 Å². The molecular weight excluding hydrogens is 452 g/mol. The summed E-state index contributed by atoms with van der Waals surface area (Å²) in [5, 5.41) is 3.14. The fraction of sp³-hybridized carbons (Fsp3) is 0.462. The van der Waals surface area contributed by atoms with E-state index in [0.29, 0.717) is 36.9 Å². The van der Waals surface area contributed by atoms with Crippen molar-refractivity contribution in [1.82, 2.24) is 5.32 Å². The molecule has 0 spiro atoms. The third-order valence-corrected chi connectivity index (χ3v) is 7.21. The molecule has 5 rings (SSSR count). The van der Waals surface area contributed by atoms with Crippen molar-refractivity contribution in [3.05, 3.63) is 42.0 Å². The highest BCUT2D eigenvalue weighted by molar-refractivity contribution is 6.01. The predicted molar refractivity (Wildman–Crippen MR) is 127 cm³/mol. The van der Waals surface area contributed by atoms with Crippen LogP contribution >= 0.6 is 0 Å². The van der Waals surface area contributed by atoms with Gasteiger partial charge in [-0.3, -0.25) is 9.59 Å². The molecule has 0 radical (unpaired) electrons. The molecule has 1 N–H and O–H groups in total. The van der Waals surface area contributed by atoms with Crippen LogP contribution in [0, 0.1) is 5.92 Å². The molecule has 186 valence electrons. The Bertz CT molecular complexity index is 1110. The summed E-state index contributed by atoms with van der Waals surface area (Å²) >= 11 is 0. The van der Waals surface area contributed by atoms with E-state index in [9.17, 15) is 9.59 Å². The van der Waals surface area contributed by atoms with Crippen molar-refractivity contribution in [3.63, 3.8) is 0 Å². The van der Waals surface area contributed by atoms with Crippen molar-refractivity contribution in [3.8, 4) is 23.0 Å². The monoisotopic (exact) mass is 482 g/mol. The Hall–Kier alpha value is -3.46. The van der Waals surface area contributed by atoms with Crippen LogP contribution in [0.5, 0.6) is 23.0 Å².